The highest BCUT2D eigenvalue weighted by atomic mass is 14.3. The summed E-state index contributed by atoms with van der Waals surface area (Å²) in [5.74, 6) is 0. The van der Waals surface area contributed by atoms with Gasteiger partial charge in [-0.25, -0.2) is 0 Å². The summed E-state index contributed by atoms with van der Waals surface area (Å²) in [7, 11) is 0. The van der Waals surface area contributed by atoms with Crippen LogP contribution in [-0.2, 0) is 30.1 Å². The Balaban J connectivity index is 0.000000151. The minimum Gasteiger partial charge on any atom is -0.0795 e. The first kappa shape index (κ1) is 19.0. The van der Waals surface area contributed by atoms with Gasteiger partial charge in [0.05, 0.1) is 0 Å². The average Bonchev–Trinajstić information content (AvgIpc) is 3.21. The number of rotatable bonds is 0. The van der Waals surface area contributed by atoms with E-state index in [1.165, 1.54) is 36.0 Å². The Morgan fingerprint density at radius 1 is 0.692 bits per heavy atom. The van der Waals surface area contributed by atoms with Gasteiger partial charge in [0.2, 0.25) is 0 Å². The van der Waals surface area contributed by atoms with Gasteiger partial charge in [-0.3, -0.25) is 0 Å². The van der Waals surface area contributed by atoms with Gasteiger partial charge in [-0.15, -0.1) is 0 Å². The summed E-state index contributed by atoms with van der Waals surface area (Å²) in [5, 5.41) is 0. The molecule has 0 radical (unpaired) electrons. The van der Waals surface area contributed by atoms with E-state index in [0.717, 1.165) is 6.42 Å². The fourth-order valence-electron chi connectivity index (χ4n) is 4.32. The van der Waals surface area contributed by atoms with Crippen LogP contribution in [0.1, 0.15) is 81.3 Å². The molecular weight excluding hydrogens is 312 g/mol. The van der Waals surface area contributed by atoms with E-state index in [0.29, 0.717) is 5.41 Å². The monoisotopic (exact) mass is 346 g/mol. The first-order valence-corrected chi connectivity index (χ1v) is 10.1. The van der Waals surface area contributed by atoms with Crippen molar-refractivity contribution in [1.82, 2.24) is 0 Å². The summed E-state index contributed by atoms with van der Waals surface area (Å²) in [6, 6.07) is 13.4. The first-order chi connectivity index (χ1) is 12.2. The minimum absolute atomic E-state index is 0.275. The topological polar surface area (TPSA) is 0 Å². The van der Waals surface area contributed by atoms with Crippen molar-refractivity contribution < 1.29 is 0 Å². The Morgan fingerprint density at radius 3 is 1.96 bits per heavy atom. The number of aryl methyl sites for hydroxylation is 1. The lowest BCUT2D eigenvalue weighted by Gasteiger charge is -2.22. The molecule has 2 aliphatic rings. The molecule has 0 heterocycles. The Hall–Kier alpha value is -1.82. The minimum atomic E-state index is 0.275. The van der Waals surface area contributed by atoms with Crippen molar-refractivity contribution in [3.05, 3.63) is 75.9 Å². The van der Waals surface area contributed by atoms with E-state index < -0.39 is 0 Å². The second-order valence-electron chi connectivity index (χ2n) is 9.78. The van der Waals surface area contributed by atoms with Crippen LogP contribution < -0.4 is 0 Å². The Morgan fingerprint density at radius 2 is 1.31 bits per heavy atom. The summed E-state index contributed by atoms with van der Waals surface area (Å²) in [5.41, 5.74) is 9.80. The van der Waals surface area contributed by atoms with Crippen LogP contribution in [0.4, 0.5) is 0 Å². The van der Waals surface area contributed by atoms with E-state index in [9.17, 15) is 0 Å². The maximum absolute atomic E-state index is 2.31. The number of fused-ring (bicyclic) bond motifs is 2. The molecule has 0 unspecified atom stereocenters. The van der Waals surface area contributed by atoms with Crippen LogP contribution in [0.25, 0.3) is 6.08 Å². The van der Waals surface area contributed by atoms with Gasteiger partial charge in [-0.05, 0) is 69.9 Å². The average molecular weight is 347 g/mol. The van der Waals surface area contributed by atoms with Crippen LogP contribution in [0.2, 0.25) is 0 Å². The van der Waals surface area contributed by atoms with Gasteiger partial charge in [0.15, 0.2) is 0 Å². The van der Waals surface area contributed by atoms with Crippen LogP contribution in [0.15, 0.2) is 42.5 Å². The van der Waals surface area contributed by atoms with E-state index in [-0.39, 0.29) is 5.41 Å². The molecule has 0 amide bonds. The fraction of sp³-hybridized carbons (Fsp3) is 0.462. The van der Waals surface area contributed by atoms with Gasteiger partial charge in [-0.2, -0.15) is 0 Å². The zero-order valence-corrected chi connectivity index (χ0v) is 17.4. The van der Waals surface area contributed by atoms with Crippen LogP contribution in [0, 0.1) is 0 Å². The van der Waals surface area contributed by atoms with E-state index in [1.54, 1.807) is 16.7 Å². The lowest BCUT2D eigenvalue weighted by Crippen LogP contribution is -2.13. The van der Waals surface area contributed by atoms with Crippen LogP contribution in [0.3, 0.4) is 0 Å². The molecule has 0 N–H and O–H groups in total. The Labute approximate surface area is 160 Å². The molecule has 0 fully saturated rings. The third kappa shape index (κ3) is 3.95. The zero-order valence-electron chi connectivity index (χ0n) is 17.4. The zero-order chi connectivity index (χ0) is 18.9. The lowest BCUT2D eigenvalue weighted by molar-refractivity contribution is 0.583. The molecule has 0 saturated heterocycles. The van der Waals surface area contributed by atoms with Gasteiger partial charge in [0.25, 0.3) is 0 Å². The molecular formula is C26H34. The Bertz CT molecular complexity index is 783. The lowest BCUT2D eigenvalue weighted by atomic mass is 9.82. The van der Waals surface area contributed by atoms with Gasteiger partial charge in [0.1, 0.15) is 0 Å². The number of allylic oxidation sites excluding steroid dienone is 1. The second kappa shape index (κ2) is 7.06. The predicted octanol–water partition coefficient (Wildman–Crippen LogP) is 7.03. The standard InChI is InChI=1S/C13H18.C13H16/c2*1-13(2,3)12-9-5-7-10-6-4-8-11(10)12/h5,7,9H,4,6,8H2,1-3H3;4-7,9H,8H2,1-3H3. The molecule has 0 saturated carbocycles. The summed E-state index contributed by atoms with van der Waals surface area (Å²) in [6.45, 7) is 13.8. The first-order valence-electron chi connectivity index (χ1n) is 10.1. The van der Waals surface area contributed by atoms with E-state index in [4.69, 9.17) is 0 Å². The molecule has 0 nitrogen and oxygen atoms in total. The second-order valence-corrected chi connectivity index (χ2v) is 9.78. The van der Waals surface area contributed by atoms with Crippen molar-refractivity contribution in [2.45, 2.75) is 78.1 Å². The summed E-state index contributed by atoms with van der Waals surface area (Å²) < 4.78 is 0. The quantitative estimate of drug-likeness (QED) is 0.480. The van der Waals surface area contributed by atoms with Crippen molar-refractivity contribution in [1.29, 1.82) is 0 Å². The van der Waals surface area contributed by atoms with Crippen molar-refractivity contribution >= 4 is 6.08 Å². The SMILES string of the molecule is CC(C)(C)c1cccc2c1CC=C2.CC(C)(C)c1cccc2c1CCC2. The van der Waals surface area contributed by atoms with Crippen molar-refractivity contribution in [2.24, 2.45) is 0 Å². The highest BCUT2D eigenvalue weighted by Crippen LogP contribution is 2.33. The molecule has 0 bridgehead atoms. The molecule has 4 rings (SSSR count). The third-order valence-electron chi connectivity index (χ3n) is 5.59. The summed E-state index contributed by atoms with van der Waals surface area (Å²) in [6.07, 6.45) is 9.53. The molecule has 2 aromatic rings. The maximum Gasteiger partial charge on any atom is -0.00852 e. The molecule has 0 spiro atoms. The van der Waals surface area contributed by atoms with Crippen LogP contribution >= 0.6 is 0 Å². The van der Waals surface area contributed by atoms with Crippen LogP contribution in [-0.4, -0.2) is 0 Å². The normalized spacial score (nSPS) is 15.3. The van der Waals surface area contributed by atoms with E-state index in [2.05, 4.69) is 90.1 Å². The number of benzene rings is 2. The summed E-state index contributed by atoms with van der Waals surface area (Å²) >= 11 is 0. The largest absolute Gasteiger partial charge is 0.0795 e. The molecule has 2 aliphatic carbocycles. The molecule has 0 atom stereocenters. The maximum atomic E-state index is 2.31. The number of hydrogen-bond acceptors (Lipinski definition) is 0. The predicted molar refractivity (Wildman–Crippen MR) is 115 cm³/mol. The van der Waals surface area contributed by atoms with E-state index >= 15 is 0 Å². The molecule has 0 aromatic heterocycles. The molecule has 2 aromatic carbocycles. The molecule has 0 heteroatoms. The van der Waals surface area contributed by atoms with Gasteiger partial charge in [-0.1, -0.05) is 90.1 Å². The van der Waals surface area contributed by atoms with Crippen molar-refractivity contribution in [3.8, 4) is 0 Å². The van der Waals surface area contributed by atoms with Crippen molar-refractivity contribution in [3.63, 3.8) is 0 Å². The molecule has 138 valence electrons. The number of hydrogen-bond donors (Lipinski definition) is 0. The highest BCUT2D eigenvalue weighted by Gasteiger charge is 2.22. The Kier molecular flexibility index (Phi) is 5.15. The molecule has 26 heavy (non-hydrogen) atoms. The van der Waals surface area contributed by atoms with Crippen LogP contribution in [0.5, 0.6) is 0 Å². The smallest absolute Gasteiger partial charge is 0.00852 e. The van der Waals surface area contributed by atoms with Crippen molar-refractivity contribution in [2.75, 3.05) is 0 Å². The third-order valence-corrected chi connectivity index (χ3v) is 5.59. The van der Waals surface area contributed by atoms with Gasteiger partial charge < -0.3 is 0 Å². The van der Waals surface area contributed by atoms with Gasteiger partial charge in [0, 0.05) is 0 Å². The van der Waals surface area contributed by atoms with Gasteiger partial charge >= 0.3 is 0 Å². The van der Waals surface area contributed by atoms with E-state index in [1.807, 2.05) is 0 Å². The molecule has 0 aliphatic heterocycles. The summed E-state index contributed by atoms with van der Waals surface area (Å²) in [4.78, 5) is 0. The fourth-order valence-corrected chi connectivity index (χ4v) is 4.32. The highest BCUT2D eigenvalue weighted by molar-refractivity contribution is 5.62.